The number of aromatic nitrogens is 1. The maximum Gasteiger partial charge on any atom is 0.310 e. The molecular weight excluding hydrogens is 276 g/mol. The van der Waals surface area contributed by atoms with Crippen molar-refractivity contribution in [2.75, 3.05) is 0 Å². The van der Waals surface area contributed by atoms with Gasteiger partial charge in [0.25, 0.3) is 5.69 Å². The molecule has 0 aliphatic rings. The fourth-order valence-electron chi connectivity index (χ4n) is 1.91. The minimum absolute atomic E-state index is 0.0423. The summed E-state index contributed by atoms with van der Waals surface area (Å²) in [6, 6.07) is 6.09. The minimum Gasteiger partial charge on any atom is -0.460 e. The standard InChI is InChI=1S/C14H14N2O5/c1-9-12(10(2)21-15-9)8-20-14(17)7-11-5-3-4-6-13(11)16(18)19/h3-6H,7-8H2,1-2H3. The van der Waals surface area contributed by atoms with E-state index in [1.165, 1.54) is 12.1 Å². The lowest BCUT2D eigenvalue weighted by atomic mass is 10.1. The first-order chi connectivity index (χ1) is 9.99. The van der Waals surface area contributed by atoms with E-state index in [4.69, 9.17) is 9.26 Å². The first-order valence-corrected chi connectivity index (χ1v) is 6.28. The lowest BCUT2D eigenvalue weighted by molar-refractivity contribution is -0.385. The van der Waals surface area contributed by atoms with Crippen LogP contribution in [0.4, 0.5) is 5.69 Å². The van der Waals surface area contributed by atoms with Gasteiger partial charge < -0.3 is 9.26 Å². The smallest absolute Gasteiger partial charge is 0.310 e. The molecule has 0 unspecified atom stereocenters. The van der Waals surface area contributed by atoms with Crippen LogP contribution in [0.2, 0.25) is 0 Å². The van der Waals surface area contributed by atoms with Crippen molar-refractivity contribution in [3.05, 3.63) is 57.0 Å². The van der Waals surface area contributed by atoms with Gasteiger partial charge in [0.15, 0.2) is 0 Å². The van der Waals surface area contributed by atoms with Gasteiger partial charge >= 0.3 is 5.97 Å². The van der Waals surface area contributed by atoms with E-state index in [-0.39, 0.29) is 18.7 Å². The van der Waals surface area contributed by atoms with E-state index in [0.717, 1.165) is 0 Å². The lowest BCUT2D eigenvalue weighted by Crippen LogP contribution is -2.10. The maximum atomic E-state index is 11.8. The Balaban J connectivity index is 2.01. The average molecular weight is 290 g/mol. The molecular formula is C14H14N2O5. The summed E-state index contributed by atoms with van der Waals surface area (Å²) >= 11 is 0. The largest absolute Gasteiger partial charge is 0.460 e. The maximum absolute atomic E-state index is 11.8. The zero-order chi connectivity index (χ0) is 15.4. The van der Waals surface area contributed by atoms with Crippen LogP contribution in [-0.2, 0) is 22.6 Å². The number of hydrogen-bond donors (Lipinski definition) is 0. The van der Waals surface area contributed by atoms with Gasteiger partial charge in [-0.05, 0) is 13.8 Å². The second kappa shape index (κ2) is 6.17. The van der Waals surface area contributed by atoms with E-state index in [1.54, 1.807) is 26.0 Å². The number of carbonyl (C=O) groups excluding carboxylic acids is 1. The fraction of sp³-hybridized carbons (Fsp3) is 0.286. The molecule has 0 aliphatic carbocycles. The highest BCUT2D eigenvalue weighted by molar-refractivity contribution is 5.74. The quantitative estimate of drug-likeness (QED) is 0.477. The number of hydrogen-bond acceptors (Lipinski definition) is 6. The summed E-state index contributed by atoms with van der Waals surface area (Å²) in [4.78, 5) is 22.2. The number of esters is 1. The topological polar surface area (TPSA) is 95.5 Å². The highest BCUT2D eigenvalue weighted by atomic mass is 16.6. The van der Waals surface area contributed by atoms with Gasteiger partial charge in [0.2, 0.25) is 0 Å². The number of nitro groups is 1. The summed E-state index contributed by atoms with van der Waals surface area (Å²) in [5.74, 6) is 0.0512. The van der Waals surface area contributed by atoms with E-state index in [2.05, 4.69) is 5.16 Å². The molecule has 0 amide bonds. The van der Waals surface area contributed by atoms with Crippen LogP contribution in [0.5, 0.6) is 0 Å². The van der Waals surface area contributed by atoms with Gasteiger partial charge in [0, 0.05) is 11.6 Å². The molecule has 0 radical (unpaired) electrons. The second-order valence-electron chi connectivity index (χ2n) is 4.53. The van der Waals surface area contributed by atoms with Crippen molar-refractivity contribution in [2.24, 2.45) is 0 Å². The van der Waals surface area contributed by atoms with Crippen molar-refractivity contribution in [1.29, 1.82) is 0 Å². The van der Waals surface area contributed by atoms with Crippen molar-refractivity contribution < 1.29 is 19.0 Å². The summed E-state index contributed by atoms with van der Waals surface area (Å²) in [7, 11) is 0. The first kappa shape index (κ1) is 14.7. The summed E-state index contributed by atoms with van der Waals surface area (Å²) in [5.41, 5.74) is 1.61. The van der Waals surface area contributed by atoms with Crippen LogP contribution in [0.25, 0.3) is 0 Å². The van der Waals surface area contributed by atoms with Gasteiger partial charge in [-0.2, -0.15) is 0 Å². The van der Waals surface area contributed by atoms with Crippen LogP contribution < -0.4 is 0 Å². The van der Waals surface area contributed by atoms with Gasteiger partial charge in [-0.3, -0.25) is 14.9 Å². The molecule has 7 heteroatoms. The second-order valence-corrected chi connectivity index (χ2v) is 4.53. The monoisotopic (exact) mass is 290 g/mol. The van der Waals surface area contributed by atoms with Crippen LogP contribution in [0.1, 0.15) is 22.6 Å². The molecule has 0 atom stereocenters. The molecule has 2 rings (SSSR count). The Hall–Kier alpha value is -2.70. The molecule has 1 aromatic heterocycles. The van der Waals surface area contributed by atoms with Crippen molar-refractivity contribution in [1.82, 2.24) is 5.16 Å². The van der Waals surface area contributed by atoms with Crippen LogP contribution in [-0.4, -0.2) is 16.0 Å². The molecule has 0 saturated carbocycles. The Labute approximate surface area is 120 Å². The summed E-state index contributed by atoms with van der Waals surface area (Å²) in [5, 5.41) is 14.6. The molecule has 0 aliphatic heterocycles. The van der Waals surface area contributed by atoms with Crippen LogP contribution in [0, 0.1) is 24.0 Å². The number of aryl methyl sites for hydroxylation is 2. The molecule has 7 nitrogen and oxygen atoms in total. The number of rotatable bonds is 5. The van der Waals surface area contributed by atoms with E-state index < -0.39 is 10.9 Å². The molecule has 0 spiro atoms. The molecule has 0 N–H and O–H groups in total. The molecule has 0 fully saturated rings. The van der Waals surface area contributed by atoms with E-state index >= 15 is 0 Å². The molecule has 1 heterocycles. The summed E-state index contributed by atoms with van der Waals surface area (Å²) in [6.45, 7) is 3.52. The Morgan fingerprint density at radius 1 is 1.38 bits per heavy atom. The Morgan fingerprint density at radius 3 is 2.71 bits per heavy atom. The van der Waals surface area contributed by atoms with E-state index in [9.17, 15) is 14.9 Å². The van der Waals surface area contributed by atoms with Crippen LogP contribution >= 0.6 is 0 Å². The number of carbonyl (C=O) groups is 1. The lowest BCUT2D eigenvalue weighted by Gasteiger charge is -2.05. The van der Waals surface area contributed by atoms with Gasteiger partial charge in [0.05, 0.1) is 22.6 Å². The number of benzene rings is 1. The van der Waals surface area contributed by atoms with Gasteiger partial charge in [-0.25, -0.2) is 0 Å². The molecule has 0 saturated heterocycles. The Bertz CT molecular complexity index is 658. The van der Waals surface area contributed by atoms with Crippen LogP contribution in [0.15, 0.2) is 28.8 Å². The SMILES string of the molecule is Cc1noc(C)c1COC(=O)Cc1ccccc1[N+](=O)[O-]. The first-order valence-electron chi connectivity index (χ1n) is 6.28. The highest BCUT2D eigenvalue weighted by Gasteiger charge is 2.17. The van der Waals surface area contributed by atoms with Crippen molar-refractivity contribution in [2.45, 2.75) is 26.9 Å². The number of ether oxygens (including phenoxy) is 1. The van der Waals surface area contributed by atoms with E-state index in [0.29, 0.717) is 22.6 Å². The molecule has 1 aromatic carbocycles. The number of nitrogens with zero attached hydrogens (tertiary/aromatic N) is 2. The number of nitro benzene ring substituents is 1. The summed E-state index contributed by atoms with van der Waals surface area (Å²) < 4.78 is 10.1. The van der Waals surface area contributed by atoms with Crippen molar-refractivity contribution >= 4 is 11.7 Å². The zero-order valence-electron chi connectivity index (χ0n) is 11.7. The fourth-order valence-corrected chi connectivity index (χ4v) is 1.91. The molecule has 0 bridgehead atoms. The van der Waals surface area contributed by atoms with Gasteiger partial charge in [-0.15, -0.1) is 0 Å². The molecule has 21 heavy (non-hydrogen) atoms. The normalized spacial score (nSPS) is 10.4. The highest BCUT2D eigenvalue weighted by Crippen LogP contribution is 2.19. The molecule has 110 valence electrons. The Kier molecular flexibility index (Phi) is 4.32. The third-order valence-electron chi connectivity index (χ3n) is 3.08. The average Bonchev–Trinajstić information content (AvgIpc) is 2.76. The van der Waals surface area contributed by atoms with Gasteiger partial charge in [0.1, 0.15) is 12.4 Å². The third kappa shape index (κ3) is 3.44. The summed E-state index contributed by atoms with van der Waals surface area (Å²) in [6.07, 6.45) is -0.152. The number of para-hydroxylation sites is 1. The third-order valence-corrected chi connectivity index (χ3v) is 3.08. The van der Waals surface area contributed by atoms with Crippen molar-refractivity contribution in [3.63, 3.8) is 0 Å². The minimum atomic E-state index is -0.538. The van der Waals surface area contributed by atoms with Crippen LogP contribution in [0.3, 0.4) is 0 Å². The Morgan fingerprint density at radius 2 is 2.10 bits per heavy atom. The van der Waals surface area contributed by atoms with Gasteiger partial charge in [-0.1, -0.05) is 23.4 Å². The predicted molar refractivity (Wildman–Crippen MR) is 72.6 cm³/mol. The van der Waals surface area contributed by atoms with Crippen molar-refractivity contribution in [3.8, 4) is 0 Å². The molecule has 2 aromatic rings. The predicted octanol–water partition coefficient (Wildman–Crippen LogP) is 2.49. The van der Waals surface area contributed by atoms with E-state index in [1.807, 2.05) is 0 Å². The zero-order valence-corrected chi connectivity index (χ0v) is 11.7.